The van der Waals surface area contributed by atoms with Crippen LogP contribution in [0.1, 0.15) is 5.56 Å². The van der Waals surface area contributed by atoms with Crippen molar-refractivity contribution in [2.75, 3.05) is 5.43 Å². The first-order chi connectivity index (χ1) is 8.88. The van der Waals surface area contributed by atoms with Gasteiger partial charge in [0.15, 0.2) is 6.17 Å². The highest BCUT2D eigenvalue weighted by atomic mass is 19.4. The van der Waals surface area contributed by atoms with Gasteiger partial charge in [-0.25, -0.2) is 11.0 Å². The fourth-order valence-electron chi connectivity index (χ4n) is 1.37. The summed E-state index contributed by atoms with van der Waals surface area (Å²) in [7, 11) is 0. The van der Waals surface area contributed by atoms with E-state index in [0.29, 0.717) is 11.4 Å². The molecule has 9 heteroatoms. The largest absolute Gasteiger partial charge is 0.416 e. The average Bonchev–Trinajstić information content (AvgIpc) is 2.67. The molecule has 102 valence electrons. The number of nitrogens with zero attached hydrogens (tertiary/aromatic N) is 3. The highest BCUT2D eigenvalue weighted by Gasteiger charge is 2.29. The number of hydrogen-bond acceptors (Lipinski definition) is 6. The van der Waals surface area contributed by atoms with Crippen LogP contribution in [0.15, 0.2) is 34.5 Å². The lowest BCUT2D eigenvalue weighted by molar-refractivity contribution is -0.137. The van der Waals surface area contributed by atoms with Crippen LogP contribution in [0.25, 0.3) is 0 Å². The number of rotatable bonds is 2. The van der Waals surface area contributed by atoms with E-state index in [1.165, 1.54) is 18.3 Å². The SMILES string of the molecule is NC1C(=NNc2ccc(C(F)(F)F)cc2)C=NN1N. The maximum absolute atomic E-state index is 12.3. The van der Waals surface area contributed by atoms with E-state index in [-0.39, 0.29) is 0 Å². The molecule has 0 saturated heterocycles. The predicted octanol–water partition coefficient (Wildman–Crippen LogP) is 0.933. The summed E-state index contributed by atoms with van der Waals surface area (Å²) >= 11 is 0. The van der Waals surface area contributed by atoms with Gasteiger partial charge in [0.2, 0.25) is 0 Å². The van der Waals surface area contributed by atoms with E-state index in [1.54, 1.807) is 0 Å². The lowest BCUT2D eigenvalue weighted by atomic mass is 10.2. The van der Waals surface area contributed by atoms with E-state index >= 15 is 0 Å². The van der Waals surface area contributed by atoms with Gasteiger partial charge in [0.1, 0.15) is 5.71 Å². The van der Waals surface area contributed by atoms with Gasteiger partial charge in [-0.1, -0.05) is 0 Å². The van der Waals surface area contributed by atoms with E-state index in [9.17, 15) is 13.2 Å². The Morgan fingerprint density at radius 2 is 1.89 bits per heavy atom. The minimum Gasteiger partial charge on any atom is -0.303 e. The summed E-state index contributed by atoms with van der Waals surface area (Å²) in [5, 5.41) is 8.63. The van der Waals surface area contributed by atoms with Crippen molar-refractivity contribution in [3.05, 3.63) is 29.8 Å². The molecule has 0 amide bonds. The maximum Gasteiger partial charge on any atom is 0.416 e. The molecule has 1 atom stereocenters. The highest BCUT2D eigenvalue weighted by Crippen LogP contribution is 2.29. The van der Waals surface area contributed by atoms with Gasteiger partial charge < -0.3 is 5.73 Å². The van der Waals surface area contributed by atoms with Crippen molar-refractivity contribution in [2.24, 2.45) is 21.8 Å². The lowest BCUT2D eigenvalue weighted by Crippen LogP contribution is -2.44. The Morgan fingerprint density at radius 3 is 2.37 bits per heavy atom. The van der Waals surface area contributed by atoms with Gasteiger partial charge in [0.05, 0.1) is 17.5 Å². The fraction of sp³-hybridized carbons (Fsp3) is 0.200. The number of hydrogen-bond donors (Lipinski definition) is 3. The second kappa shape index (κ2) is 4.86. The van der Waals surface area contributed by atoms with Crippen LogP contribution < -0.4 is 17.0 Å². The molecule has 0 aromatic heterocycles. The van der Waals surface area contributed by atoms with E-state index in [2.05, 4.69) is 15.6 Å². The molecule has 1 unspecified atom stereocenters. The molecule has 0 spiro atoms. The molecule has 0 saturated carbocycles. The molecule has 0 bridgehead atoms. The second-order valence-corrected chi connectivity index (χ2v) is 3.79. The first-order valence-electron chi connectivity index (χ1n) is 5.22. The second-order valence-electron chi connectivity index (χ2n) is 3.79. The molecule has 6 nitrogen and oxygen atoms in total. The van der Waals surface area contributed by atoms with Gasteiger partial charge in [-0.15, -0.1) is 0 Å². The summed E-state index contributed by atoms with van der Waals surface area (Å²) in [5.74, 6) is 5.38. The monoisotopic (exact) mass is 272 g/mol. The van der Waals surface area contributed by atoms with Gasteiger partial charge in [-0.2, -0.15) is 23.4 Å². The Bertz CT molecular complexity index is 507. The zero-order valence-corrected chi connectivity index (χ0v) is 9.59. The van der Waals surface area contributed by atoms with Crippen molar-refractivity contribution in [3.63, 3.8) is 0 Å². The van der Waals surface area contributed by atoms with Crippen LogP contribution >= 0.6 is 0 Å². The Balaban J connectivity index is 2.05. The normalized spacial score (nSPS) is 21.2. The van der Waals surface area contributed by atoms with E-state index < -0.39 is 17.9 Å². The molecule has 1 aliphatic rings. The molecule has 1 aliphatic heterocycles. The standard InChI is InChI=1S/C10H11F3N6/c11-10(12,13)6-1-3-7(4-2-6)17-18-8-5-16-19(15)9(8)14/h1-5,9,17H,14-15H2. The number of hydrazine groups is 1. The molecule has 5 N–H and O–H groups in total. The van der Waals surface area contributed by atoms with Gasteiger partial charge in [-0.3, -0.25) is 5.43 Å². The summed E-state index contributed by atoms with van der Waals surface area (Å²) in [6, 6.07) is 4.45. The van der Waals surface area contributed by atoms with E-state index in [1.807, 2.05) is 0 Å². The molecule has 0 radical (unpaired) electrons. The number of nitrogens with two attached hydrogens (primary N) is 2. The third-order valence-corrected chi connectivity index (χ3v) is 2.44. The number of anilines is 1. The molecule has 19 heavy (non-hydrogen) atoms. The molecule has 0 fully saturated rings. The zero-order chi connectivity index (χ0) is 14.0. The summed E-state index contributed by atoms with van der Waals surface area (Å²) < 4.78 is 37.0. The van der Waals surface area contributed by atoms with Crippen molar-refractivity contribution >= 4 is 17.6 Å². The Hall–Kier alpha value is -2.13. The minimum atomic E-state index is -4.36. The van der Waals surface area contributed by atoms with Crippen molar-refractivity contribution in [3.8, 4) is 0 Å². The quantitative estimate of drug-likeness (QED) is 0.551. The lowest BCUT2D eigenvalue weighted by Gasteiger charge is -2.12. The van der Waals surface area contributed by atoms with Crippen LogP contribution in [-0.2, 0) is 6.18 Å². The first-order valence-corrected chi connectivity index (χ1v) is 5.22. The molecule has 1 heterocycles. The van der Waals surface area contributed by atoms with Crippen LogP contribution in [0.4, 0.5) is 18.9 Å². The highest BCUT2D eigenvalue weighted by molar-refractivity contribution is 6.34. The van der Waals surface area contributed by atoms with Crippen molar-refractivity contribution in [1.29, 1.82) is 0 Å². The van der Waals surface area contributed by atoms with Crippen LogP contribution in [0.3, 0.4) is 0 Å². The summed E-state index contributed by atoms with van der Waals surface area (Å²) in [5.41, 5.74) is 8.26. The smallest absolute Gasteiger partial charge is 0.303 e. The topological polar surface area (TPSA) is 92.0 Å². The van der Waals surface area contributed by atoms with E-state index in [4.69, 9.17) is 11.6 Å². The number of halogens is 3. The molecule has 0 aliphatic carbocycles. The number of nitrogens with one attached hydrogen (secondary N) is 1. The Kier molecular flexibility index (Phi) is 3.40. The molecule has 1 aromatic carbocycles. The van der Waals surface area contributed by atoms with Crippen LogP contribution in [0.2, 0.25) is 0 Å². The average molecular weight is 272 g/mol. The fourth-order valence-corrected chi connectivity index (χ4v) is 1.37. The Labute approximate surface area is 106 Å². The van der Waals surface area contributed by atoms with Gasteiger partial charge >= 0.3 is 6.18 Å². The molecule has 2 rings (SSSR count). The van der Waals surface area contributed by atoms with E-state index in [0.717, 1.165) is 17.3 Å². The summed E-state index contributed by atoms with van der Waals surface area (Å²) in [6.07, 6.45) is -3.67. The molecule has 1 aromatic rings. The third-order valence-electron chi connectivity index (χ3n) is 2.44. The molecular weight excluding hydrogens is 261 g/mol. The van der Waals surface area contributed by atoms with Gasteiger partial charge in [0, 0.05) is 0 Å². The van der Waals surface area contributed by atoms with Crippen molar-refractivity contribution in [2.45, 2.75) is 12.3 Å². The summed E-state index contributed by atoms with van der Waals surface area (Å²) in [4.78, 5) is 0. The minimum absolute atomic E-state index is 0.377. The maximum atomic E-state index is 12.3. The van der Waals surface area contributed by atoms with Crippen molar-refractivity contribution in [1.82, 2.24) is 5.12 Å². The number of benzene rings is 1. The molecular formula is C10H11F3N6. The summed E-state index contributed by atoms with van der Waals surface area (Å²) in [6.45, 7) is 0. The van der Waals surface area contributed by atoms with Gasteiger partial charge in [0.25, 0.3) is 0 Å². The third kappa shape index (κ3) is 3.01. The zero-order valence-electron chi connectivity index (χ0n) is 9.59. The predicted molar refractivity (Wildman–Crippen MR) is 65.0 cm³/mol. The first kappa shape index (κ1) is 13.3. The number of alkyl halides is 3. The van der Waals surface area contributed by atoms with Crippen LogP contribution in [0, 0.1) is 0 Å². The van der Waals surface area contributed by atoms with Crippen molar-refractivity contribution < 1.29 is 13.2 Å². The van der Waals surface area contributed by atoms with Crippen LogP contribution in [-0.4, -0.2) is 23.2 Å². The van der Waals surface area contributed by atoms with Crippen LogP contribution in [0.5, 0.6) is 0 Å². The number of hydrazone groups is 2. The van der Waals surface area contributed by atoms with Gasteiger partial charge in [-0.05, 0) is 24.3 Å². The Morgan fingerprint density at radius 1 is 1.26 bits per heavy atom.